The summed E-state index contributed by atoms with van der Waals surface area (Å²) in [4.78, 5) is 0. The Morgan fingerprint density at radius 2 is 2.15 bits per heavy atom. The fourth-order valence-electron chi connectivity index (χ4n) is 1.31. The Bertz CT molecular complexity index is 450. The van der Waals surface area contributed by atoms with Crippen LogP contribution >= 0.6 is 34.5 Å². The van der Waals surface area contributed by atoms with Gasteiger partial charge in [-0.3, -0.25) is 0 Å². The summed E-state index contributed by atoms with van der Waals surface area (Å²) in [7, 11) is 0. The first-order valence-electron chi connectivity index (χ1n) is 3.75. The maximum absolute atomic E-state index is 6.05. The zero-order valence-electron chi connectivity index (χ0n) is 6.68. The average Bonchev–Trinajstić information content (AvgIpc) is 2.43. The summed E-state index contributed by atoms with van der Waals surface area (Å²) in [6.07, 6.45) is 0. The molecule has 13 heavy (non-hydrogen) atoms. The van der Waals surface area contributed by atoms with Gasteiger partial charge in [-0.05, 0) is 11.6 Å². The fraction of sp³-hybridized carbons (Fsp3) is 0.111. The highest BCUT2D eigenvalue weighted by Crippen LogP contribution is 2.39. The molecule has 0 saturated carbocycles. The molecule has 0 radical (unpaired) electrons. The van der Waals surface area contributed by atoms with Crippen LogP contribution in [0.25, 0.3) is 10.1 Å². The van der Waals surface area contributed by atoms with Crippen molar-refractivity contribution in [1.82, 2.24) is 0 Å². The molecule has 68 valence electrons. The van der Waals surface area contributed by atoms with E-state index in [2.05, 4.69) is 0 Å². The van der Waals surface area contributed by atoms with Gasteiger partial charge in [-0.2, -0.15) is 0 Å². The van der Waals surface area contributed by atoms with E-state index in [4.69, 9.17) is 28.9 Å². The van der Waals surface area contributed by atoms with E-state index in [1.165, 1.54) is 11.3 Å². The van der Waals surface area contributed by atoms with Gasteiger partial charge >= 0.3 is 0 Å². The van der Waals surface area contributed by atoms with Crippen molar-refractivity contribution in [2.24, 2.45) is 0 Å². The average molecular weight is 232 g/mol. The van der Waals surface area contributed by atoms with Crippen LogP contribution in [-0.2, 0) is 5.88 Å². The van der Waals surface area contributed by atoms with Crippen LogP contribution in [0.15, 0.2) is 18.2 Å². The maximum atomic E-state index is 6.05. The Balaban J connectivity index is 2.87. The Hall–Kier alpha value is -0.440. The summed E-state index contributed by atoms with van der Waals surface area (Å²) >= 11 is 13.3. The fourth-order valence-corrected chi connectivity index (χ4v) is 2.84. The summed E-state index contributed by atoms with van der Waals surface area (Å²) in [5, 5.41) is 2.30. The molecule has 0 bridgehead atoms. The monoisotopic (exact) mass is 231 g/mol. The predicted molar refractivity (Wildman–Crippen MR) is 60.8 cm³/mol. The molecule has 1 heterocycles. The van der Waals surface area contributed by atoms with Crippen molar-refractivity contribution in [3.05, 3.63) is 28.8 Å². The van der Waals surface area contributed by atoms with Crippen LogP contribution < -0.4 is 5.73 Å². The number of nitrogens with two attached hydrogens (primary N) is 1. The van der Waals surface area contributed by atoms with E-state index in [1.807, 2.05) is 18.2 Å². The van der Waals surface area contributed by atoms with Crippen LogP contribution in [0.4, 0.5) is 5.00 Å². The molecule has 1 nitrogen and oxygen atoms in total. The van der Waals surface area contributed by atoms with Gasteiger partial charge in [0, 0.05) is 16.0 Å². The van der Waals surface area contributed by atoms with E-state index in [9.17, 15) is 0 Å². The van der Waals surface area contributed by atoms with E-state index < -0.39 is 0 Å². The largest absolute Gasteiger partial charge is 0.389 e. The van der Waals surface area contributed by atoms with Gasteiger partial charge in [-0.1, -0.05) is 23.7 Å². The molecule has 2 aromatic rings. The van der Waals surface area contributed by atoms with Gasteiger partial charge < -0.3 is 5.73 Å². The summed E-state index contributed by atoms with van der Waals surface area (Å²) in [5.41, 5.74) is 6.76. The maximum Gasteiger partial charge on any atom is 0.106 e. The third kappa shape index (κ3) is 1.39. The van der Waals surface area contributed by atoms with Crippen molar-refractivity contribution in [3.8, 4) is 0 Å². The molecule has 0 aliphatic carbocycles. The van der Waals surface area contributed by atoms with Gasteiger partial charge in [0.15, 0.2) is 0 Å². The van der Waals surface area contributed by atoms with Crippen LogP contribution in [0.2, 0.25) is 5.02 Å². The summed E-state index contributed by atoms with van der Waals surface area (Å²) < 4.78 is 1.10. The van der Waals surface area contributed by atoms with Crippen molar-refractivity contribution >= 4 is 49.6 Å². The number of rotatable bonds is 1. The standard InChI is InChI=1S/C9H7Cl2NS/c10-4-5-2-1-3-6-7(5)8(11)9(12)13-6/h1-3H,4,12H2. The normalized spacial score (nSPS) is 10.9. The number of halogens is 2. The molecule has 0 amide bonds. The second kappa shape index (κ2) is 3.37. The molecule has 0 spiro atoms. The second-order valence-corrected chi connectivity index (χ2v) is 4.43. The summed E-state index contributed by atoms with van der Waals surface area (Å²) in [6.45, 7) is 0. The van der Waals surface area contributed by atoms with Gasteiger partial charge in [0.25, 0.3) is 0 Å². The van der Waals surface area contributed by atoms with E-state index >= 15 is 0 Å². The molecule has 4 heteroatoms. The van der Waals surface area contributed by atoms with E-state index in [0.29, 0.717) is 15.9 Å². The minimum absolute atomic E-state index is 0.466. The number of hydrogen-bond donors (Lipinski definition) is 1. The molecule has 2 rings (SSSR count). The minimum Gasteiger partial charge on any atom is -0.389 e. The molecule has 1 aromatic carbocycles. The number of benzene rings is 1. The van der Waals surface area contributed by atoms with Crippen molar-refractivity contribution in [2.75, 3.05) is 5.73 Å². The van der Waals surface area contributed by atoms with Crippen LogP contribution in [0.5, 0.6) is 0 Å². The van der Waals surface area contributed by atoms with Crippen molar-refractivity contribution in [1.29, 1.82) is 0 Å². The summed E-state index contributed by atoms with van der Waals surface area (Å²) in [6, 6.07) is 5.93. The number of anilines is 1. The third-order valence-electron chi connectivity index (χ3n) is 1.91. The van der Waals surface area contributed by atoms with Crippen LogP contribution in [0, 0.1) is 0 Å². The van der Waals surface area contributed by atoms with E-state index in [-0.39, 0.29) is 0 Å². The Labute approximate surface area is 90.1 Å². The quantitative estimate of drug-likeness (QED) is 0.742. The molecule has 2 N–H and O–H groups in total. The zero-order valence-corrected chi connectivity index (χ0v) is 9.01. The van der Waals surface area contributed by atoms with Crippen molar-refractivity contribution < 1.29 is 0 Å². The van der Waals surface area contributed by atoms with Crippen LogP contribution in [0.3, 0.4) is 0 Å². The molecular weight excluding hydrogens is 225 g/mol. The Morgan fingerprint density at radius 1 is 1.38 bits per heavy atom. The number of fused-ring (bicyclic) bond motifs is 1. The Morgan fingerprint density at radius 3 is 2.85 bits per heavy atom. The first-order valence-corrected chi connectivity index (χ1v) is 5.48. The number of thiophene rings is 1. The Kier molecular flexibility index (Phi) is 2.37. The lowest BCUT2D eigenvalue weighted by atomic mass is 10.1. The lowest BCUT2D eigenvalue weighted by molar-refractivity contribution is 1.46. The molecule has 0 aliphatic heterocycles. The number of alkyl halides is 1. The van der Waals surface area contributed by atoms with Crippen LogP contribution in [-0.4, -0.2) is 0 Å². The SMILES string of the molecule is Nc1sc2cccc(CCl)c2c1Cl. The minimum atomic E-state index is 0.466. The molecule has 0 aliphatic rings. The van der Waals surface area contributed by atoms with Gasteiger partial charge in [-0.25, -0.2) is 0 Å². The number of nitrogen functional groups attached to an aromatic ring is 1. The third-order valence-corrected chi connectivity index (χ3v) is 3.69. The lowest BCUT2D eigenvalue weighted by Gasteiger charge is -1.97. The van der Waals surface area contributed by atoms with Gasteiger partial charge in [0.1, 0.15) is 5.00 Å². The van der Waals surface area contributed by atoms with Gasteiger partial charge in [0.05, 0.1) is 5.02 Å². The van der Waals surface area contributed by atoms with Crippen molar-refractivity contribution in [3.63, 3.8) is 0 Å². The molecule has 0 fully saturated rings. The predicted octanol–water partition coefficient (Wildman–Crippen LogP) is 3.88. The second-order valence-electron chi connectivity index (χ2n) is 2.70. The van der Waals surface area contributed by atoms with Crippen molar-refractivity contribution in [2.45, 2.75) is 5.88 Å². The molecule has 1 aromatic heterocycles. The van der Waals surface area contributed by atoms with E-state index in [0.717, 1.165) is 15.6 Å². The zero-order chi connectivity index (χ0) is 9.42. The molecule has 0 atom stereocenters. The highest BCUT2D eigenvalue weighted by molar-refractivity contribution is 7.23. The highest BCUT2D eigenvalue weighted by Gasteiger charge is 2.10. The van der Waals surface area contributed by atoms with Gasteiger partial charge in [-0.15, -0.1) is 22.9 Å². The van der Waals surface area contributed by atoms with E-state index in [1.54, 1.807) is 0 Å². The molecule has 0 unspecified atom stereocenters. The first-order chi connectivity index (χ1) is 6.24. The molecule has 0 saturated heterocycles. The first kappa shape index (κ1) is 9.13. The number of hydrogen-bond acceptors (Lipinski definition) is 2. The molecular formula is C9H7Cl2NS. The highest BCUT2D eigenvalue weighted by atomic mass is 35.5. The topological polar surface area (TPSA) is 26.0 Å². The van der Waals surface area contributed by atoms with Crippen LogP contribution in [0.1, 0.15) is 5.56 Å². The lowest BCUT2D eigenvalue weighted by Crippen LogP contribution is -1.80. The smallest absolute Gasteiger partial charge is 0.106 e. The van der Waals surface area contributed by atoms with Gasteiger partial charge in [0.2, 0.25) is 0 Å². The summed E-state index contributed by atoms with van der Waals surface area (Å²) in [5.74, 6) is 0.466.